The number of aryl methyl sites for hydroxylation is 1. The van der Waals surface area contributed by atoms with Gasteiger partial charge in [0.05, 0.1) is 0 Å². The van der Waals surface area contributed by atoms with Gasteiger partial charge in [-0.3, -0.25) is 0 Å². The molecule has 15 heavy (non-hydrogen) atoms. The maximum atomic E-state index is 5.67. The highest BCUT2D eigenvalue weighted by Gasteiger charge is 2.17. The van der Waals surface area contributed by atoms with E-state index < -0.39 is 0 Å². The molecule has 5 heteroatoms. The van der Waals surface area contributed by atoms with Gasteiger partial charge in [-0.25, -0.2) is 0 Å². The quantitative estimate of drug-likeness (QED) is 0.801. The average molecular weight is 210 g/mol. The first kappa shape index (κ1) is 10.4. The zero-order valence-electron chi connectivity index (χ0n) is 9.15. The van der Waals surface area contributed by atoms with E-state index in [1.165, 1.54) is 12.8 Å². The van der Waals surface area contributed by atoms with Crippen LogP contribution in [-0.2, 0) is 6.42 Å². The third-order valence-electron chi connectivity index (χ3n) is 2.66. The van der Waals surface area contributed by atoms with E-state index in [0.29, 0.717) is 5.89 Å². The first-order chi connectivity index (χ1) is 7.25. The van der Waals surface area contributed by atoms with Crippen LogP contribution in [-0.4, -0.2) is 29.3 Å². The van der Waals surface area contributed by atoms with Gasteiger partial charge >= 0.3 is 0 Å². The zero-order valence-corrected chi connectivity index (χ0v) is 9.15. The summed E-state index contributed by atoms with van der Waals surface area (Å²) in [6.45, 7) is 4.08. The van der Waals surface area contributed by atoms with E-state index in [4.69, 9.17) is 10.3 Å². The molecule has 1 aromatic heterocycles. The van der Waals surface area contributed by atoms with Crippen molar-refractivity contribution >= 4 is 5.95 Å². The highest BCUT2D eigenvalue weighted by atomic mass is 16.5. The van der Waals surface area contributed by atoms with Crippen LogP contribution in [0.15, 0.2) is 4.52 Å². The average Bonchev–Trinajstić information content (AvgIpc) is 2.85. The fraction of sp³-hybridized carbons (Fsp3) is 0.800. The molecule has 0 aliphatic carbocycles. The molecule has 0 aromatic carbocycles. The minimum atomic E-state index is 0.187. The Kier molecular flexibility index (Phi) is 3.20. The van der Waals surface area contributed by atoms with E-state index in [-0.39, 0.29) is 6.04 Å². The van der Waals surface area contributed by atoms with Gasteiger partial charge in [-0.2, -0.15) is 4.98 Å². The van der Waals surface area contributed by atoms with Crippen molar-refractivity contribution in [1.82, 2.24) is 10.1 Å². The largest absolute Gasteiger partial charge is 0.338 e. The van der Waals surface area contributed by atoms with Gasteiger partial charge in [0.2, 0.25) is 5.89 Å². The van der Waals surface area contributed by atoms with Gasteiger partial charge in [-0.05, 0) is 31.3 Å². The van der Waals surface area contributed by atoms with Crippen LogP contribution in [0.4, 0.5) is 5.95 Å². The topological polar surface area (TPSA) is 68.2 Å². The second-order valence-electron chi connectivity index (χ2n) is 4.20. The summed E-state index contributed by atoms with van der Waals surface area (Å²) >= 11 is 0. The predicted molar refractivity (Wildman–Crippen MR) is 57.7 cm³/mol. The molecule has 2 heterocycles. The lowest BCUT2D eigenvalue weighted by atomic mass is 10.2. The lowest BCUT2D eigenvalue weighted by Crippen LogP contribution is -2.19. The summed E-state index contributed by atoms with van der Waals surface area (Å²) in [6, 6.07) is 0.187. The van der Waals surface area contributed by atoms with Crippen molar-refractivity contribution in [2.75, 3.05) is 18.0 Å². The molecular weight excluding hydrogens is 192 g/mol. The predicted octanol–water partition coefficient (Wildman–Crippen LogP) is 0.950. The fourth-order valence-corrected chi connectivity index (χ4v) is 1.74. The summed E-state index contributed by atoms with van der Waals surface area (Å²) < 4.78 is 5.17. The van der Waals surface area contributed by atoms with Crippen LogP contribution in [0.5, 0.6) is 0 Å². The Labute approximate surface area is 89.6 Å². The first-order valence-electron chi connectivity index (χ1n) is 5.59. The Morgan fingerprint density at radius 3 is 2.87 bits per heavy atom. The third kappa shape index (κ3) is 2.68. The van der Waals surface area contributed by atoms with Gasteiger partial charge in [0.1, 0.15) is 0 Å². The summed E-state index contributed by atoms with van der Waals surface area (Å²) in [5.74, 6) is 1.45. The Bertz CT molecular complexity index is 304. The van der Waals surface area contributed by atoms with E-state index in [1.54, 1.807) is 0 Å². The zero-order chi connectivity index (χ0) is 10.7. The summed E-state index contributed by atoms with van der Waals surface area (Å²) in [5.41, 5.74) is 5.67. The molecule has 0 bridgehead atoms. The molecule has 1 saturated heterocycles. The molecule has 1 unspecified atom stereocenters. The van der Waals surface area contributed by atoms with E-state index >= 15 is 0 Å². The second-order valence-corrected chi connectivity index (χ2v) is 4.20. The molecule has 1 atom stereocenters. The molecule has 1 aliphatic heterocycles. The highest BCUT2D eigenvalue weighted by molar-refractivity contribution is 5.28. The van der Waals surface area contributed by atoms with Crippen molar-refractivity contribution in [3.63, 3.8) is 0 Å². The second kappa shape index (κ2) is 4.61. The van der Waals surface area contributed by atoms with E-state index in [1.807, 2.05) is 6.92 Å². The van der Waals surface area contributed by atoms with Gasteiger partial charge in [0.15, 0.2) is 0 Å². The number of hydrogen-bond donors (Lipinski definition) is 1. The summed E-state index contributed by atoms with van der Waals surface area (Å²) in [7, 11) is 0. The molecule has 5 nitrogen and oxygen atoms in total. The van der Waals surface area contributed by atoms with Crippen LogP contribution >= 0.6 is 0 Å². The van der Waals surface area contributed by atoms with Crippen LogP contribution in [0, 0.1) is 0 Å². The fourth-order valence-electron chi connectivity index (χ4n) is 1.74. The Morgan fingerprint density at radius 1 is 1.47 bits per heavy atom. The maximum Gasteiger partial charge on any atom is 0.266 e. The normalized spacial score (nSPS) is 18.4. The van der Waals surface area contributed by atoms with Crippen LogP contribution in [0.3, 0.4) is 0 Å². The van der Waals surface area contributed by atoms with Crippen LogP contribution in [0.1, 0.15) is 32.1 Å². The maximum absolute atomic E-state index is 5.67. The number of hydrogen-bond acceptors (Lipinski definition) is 5. The van der Waals surface area contributed by atoms with Gasteiger partial charge < -0.3 is 15.2 Å². The standard InChI is InChI=1S/C10H18N4O/c1-8(11)4-5-9-12-10(13-15-9)14-6-2-3-7-14/h8H,2-7,11H2,1H3. The monoisotopic (exact) mass is 210 g/mol. The molecular formula is C10H18N4O. The van der Waals surface area contributed by atoms with Crippen molar-refractivity contribution < 1.29 is 4.52 Å². The van der Waals surface area contributed by atoms with Crippen LogP contribution in [0.2, 0.25) is 0 Å². The Morgan fingerprint density at radius 2 is 2.20 bits per heavy atom. The molecule has 0 saturated carbocycles. The molecule has 2 rings (SSSR count). The number of anilines is 1. The van der Waals surface area contributed by atoms with Crippen molar-refractivity contribution in [3.05, 3.63) is 5.89 Å². The summed E-state index contributed by atoms with van der Waals surface area (Å²) in [6.07, 6.45) is 4.12. The molecule has 1 fully saturated rings. The minimum Gasteiger partial charge on any atom is -0.338 e. The van der Waals surface area contributed by atoms with Crippen molar-refractivity contribution in [1.29, 1.82) is 0 Å². The Balaban J connectivity index is 1.91. The van der Waals surface area contributed by atoms with Gasteiger partial charge in [-0.15, -0.1) is 0 Å². The SMILES string of the molecule is CC(N)CCc1nc(N2CCCC2)no1. The first-order valence-corrected chi connectivity index (χ1v) is 5.59. The molecule has 1 aliphatic rings. The molecule has 84 valence electrons. The van der Waals surface area contributed by atoms with E-state index in [2.05, 4.69) is 15.0 Å². The van der Waals surface area contributed by atoms with Crippen molar-refractivity contribution in [2.24, 2.45) is 5.73 Å². The molecule has 0 radical (unpaired) electrons. The van der Waals surface area contributed by atoms with E-state index in [0.717, 1.165) is 31.9 Å². The lowest BCUT2D eigenvalue weighted by Gasteiger charge is -2.09. The number of aromatic nitrogens is 2. The van der Waals surface area contributed by atoms with Crippen molar-refractivity contribution in [3.8, 4) is 0 Å². The minimum absolute atomic E-state index is 0.187. The van der Waals surface area contributed by atoms with Crippen LogP contribution < -0.4 is 10.6 Å². The van der Waals surface area contributed by atoms with Gasteiger partial charge in [-0.1, -0.05) is 0 Å². The summed E-state index contributed by atoms with van der Waals surface area (Å²) in [5, 5.41) is 3.98. The molecule has 0 amide bonds. The number of rotatable bonds is 4. The van der Waals surface area contributed by atoms with Crippen LogP contribution in [0.25, 0.3) is 0 Å². The third-order valence-corrected chi connectivity index (χ3v) is 2.66. The van der Waals surface area contributed by atoms with Crippen molar-refractivity contribution in [2.45, 2.75) is 38.6 Å². The Hall–Kier alpha value is -1.10. The number of nitrogens with two attached hydrogens (primary N) is 1. The molecule has 2 N–H and O–H groups in total. The summed E-state index contributed by atoms with van der Waals surface area (Å²) in [4.78, 5) is 6.52. The molecule has 0 spiro atoms. The van der Waals surface area contributed by atoms with Gasteiger partial charge in [0, 0.05) is 25.6 Å². The smallest absolute Gasteiger partial charge is 0.266 e. The lowest BCUT2D eigenvalue weighted by molar-refractivity contribution is 0.371. The molecule has 1 aromatic rings. The highest BCUT2D eigenvalue weighted by Crippen LogP contribution is 2.16. The number of nitrogens with zero attached hydrogens (tertiary/aromatic N) is 3. The van der Waals surface area contributed by atoms with Gasteiger partial charge in [0.25, 0.3) is 5.95 Å². The van der Waals surface area contributed by atoms with E-state index in [9.17, 15) is 0 Å².